The Kier molecular flexibility index (Phi) is 7.70. The van der Waals surface area contributed by atoms with Gasteiger partial charge >= 0.3 is 6.18 Å². The standard InChI is InChI=1S/C21H23F4N3O3/c1-5-17(29)9-16-7-14(6-12(2)27-16)20(30)28(4)13(3)15-8-18(22)19(26-10-15)31-11-21(23,24)25/h6-8,10,13H,5,9,11H2,1-4H3. The topological polar surface area (TPSA) is 72.4 Å². The van der Waals surface area contributed by atoms with Crippen molar-refractivity contribution in [2.75, 3.05) is 13.7 Å². The number of aryl methyl sites for hydroxylation is 1. The monoisotopic (exact) mass is 441 g/mol. The summed E-state index contributed by atoms with van der Waals surface area (Å²) in [5.74, 6) is -2.22. The van der Waals surface area contributed by atoms with Gasteiger partial charge in [-0.2, -0.15) is 13.2 Å². The number of halogens is 4. The smallest absolute Gasteiger partial charge is 0.422 e. The molecular weight excluding hydrogens is 418 g/mol. The number of aromatic nitrogens is 2. The van der Waals surface area contributed by atoms with Gasteiger partial charge in [-0.3, -0.25) is 14.6 Å². The van der Waals surface area contributed by atoms with E-state index in [2.05, 4.69) is 14.7 Å². The molecule has 0 fully saturated rings. The van der Waals surface area contributed by atoms with E-state index in [0.29, 0.717) is 23.4 Å². The number of pyridine rings is 2. The van der Waals surface area contributed by atoms with Crippen molar-refractivity contribution in [1.82, 2.24) is 14.9 Å². The summed E-state index contributed by atoms with van der Waals surface area (Å²) >= 11 is 0. The molecule has 0 N–H and O–H groups in total. The molecule has 0 aliphatic rings. The van der Waals surface area contributed by atoms with Crippen LogP contribution in [0.5, 0.6) is 5.88 Å². The molecule has 0 radical (unpaired) electrons. The predicted molar refractivity (Wildman–Crippen MR) is 104 cm³/mol. The molecule has 0 spiro atoms. The Labute approximate surface area is 177 Å². The normalized spacial score (nSPS) is 12.4. The van der Waals surface area contributed by atoms with Gasteiger partial charge in [-0.25, -0.2) is 9.37 Å². The Morgan fingerprint density at radius 3 is 2.48 bits per heavy atom. The van der Waals surface area contributed by atoms with Crippen molar-refractivity contribution in [3.05, 3.63) is 52.7 Å². The minimum absolute atomic E-state index is 0.00685. The number of rotatable bonds is 8. The van der Waals surface area contributed by atoms with E-state index in [0.717, 1.165) is 12.3 Å². The van der Waals surface area contributed by atoms with E-state index in [1.54, 1.807) is 32.9 Å². The van der Waals surface area contributed by atoms with Gasteiger partial charge < -0.3 is 9.64 Å². The number of hydrogen-bond acceptors (Lipinski definition) is 5. The quantitative estimate of drug-likeness (QED) is 0.574. The van der Waals surface area contributed by atoms with Gasteiger partial charge in [0.1, 0.15) is 5.78 Å². The molecule has 168 valence electrons. The highest BCUT2D eigenvalue weighted by atomic mass is 19.4. The first kappa shape index (κ1) is 24.2. The highest BCUT2D eigenvalue weighted by molar-refractivity contribution is 5.94. The van der Waals surface area contributed by atoms with Gasteiger partial charge in [0.05, 0.1) is 6.04 Å². The molecule has 0 bridgehead atoms. The summed E-state index contributed by atoms with van der Waals surface area (Å²) in [6, 6.07) is 3.47. The Bertz CT molecular complexity index is 963. The minimum Gasteiger partial charge on any atom is -0.466 e. The molecule has 6 nitrogen and oxygen atoms in total. The van der Waals surface area contributed by atoms with Crippen molar-refractivity contribution in [3.8, 4) is 5.88 Å². The third-order valence-electron chi connectivity index (χ3n) is 4.61. The summed E-state index contributed by atoms with van der Waals surface area (Å²) in [5.41, 5.74) is 1.65. The molecule has 0 aliphatic carbocycles. The molecule has 2 aromatic heterocycles. The lowest BCUT2D eigenvalue weighted by molar-refractivity contribution is -0.154. The maximum atomic E-state index is 14.1. The number of ether oxygens (including phenoxy) is 1. The molecular formula is C21H23F4N3O3. The molecule has 2 rings (SSSR count). The maximum Gasteiger partial charge on any atom is 0.422 e. The van der Waals surface area contributed by atoms with Crippen LogP contribution in [-0.4, -0.2) is 46.4 Å². The van der Waals surface area contributed by atoms with Crippen LogP contribution in [-0.2, 0) is 11.2 Å². The van der Waals surface area contributed by atoms with E-state index in [1.165, 1.54) is 11.9 Å². The van der Waals surface area contributed by atoms with Crippen LogP contribution in [0.15, 0.2) is 24.4 Å². The minimum atomic E-state index is -4.62. The van der Waals surface area contributed by atoms with E-state index >= 15 is 0 Å². The van der Waals surface area contributed by atoms with Crippen LogP contribution in [0.3, 0.4) is 0 Å². The Balaban J connectivity index is 2.19. The van der Waals surface area contributed by atoms with Crippen LogP contribution in [0.2, 0.25) is 0 Å². The zero-order chi connectivity index (χ0) is 23.3. The number of alkyl halides is 3. The van der Waals surface area contributed by atoms with Crippen LogP contribution >= 0.6 is 0 Å². The van der Waals surface area contributed by atoms with Crippen molar-refractivity contribution in [2.24, 2.45) is 0 Å². The maximum absolute atomic E-state index is 14.1. The lowest BCUT2D eigenvalue weighted by Crippen LogP contribution is -2.30. The molecule has 0 saturated heterocycles. The van der Waals surface area contributed by atoms with Crippen LogP contribution in [0.4, 0.5) is 17.6 Å². The first-order valence-electron chi connectivity index (χ1n) is 9.52. The average molecular weight is 441 g/mol. The lowest BCUT2D eigenvalue weighted by atomic mass is 10.1. The van der Waals surface area contributed by atoms with Gasteiger partial charge in [-0.05, 0) is 37.6 Å². The van der Waals surface area contributed by atoms with Crippen molar-refractivity contribution >= 4 is 11.7 Å². The zero-order valence-electron chi connectivity index (χ0n) is 17.6. The number of carbonyl (C=O) groups excluding carboxylic acids is 2. The Hall–Kier alpha value is -3.04. The lowest BCUT2D eigenvalue weighted by Gasteiger charge is -2.25. The fourth-order valence-electron chi connectivity index (χ4n) is 2.81. The van der Waals surface area contributed by atoms with Crippen LogP contribution < -0.4 is 4.74 Å². The summed E-state index contributed by atoms with van der Waals surface area (Å²) in [6.07, 6.45) is -2.98. The van der Waals surface area contributed by atoms with Crippen LogP contribution in [0, 0.1) is 12.7 Å². The summed E-state index contributed by atoms with van der Waals surface area (Å²) in [6.45, 7) is 3.42. The third-order valence-corrected chi connectivity index (χ3v) is 4.61. The first-order valence-corrected chi connectivity index (χ1v) is 9.52. The molecule has 2 heterocycles. The molecule has 1 amide bonds. The van der Waals surface area contributed by atoms with Gasteiger partial charge in [0.25, 0.3) is 11.8 Å². The van der Waals surface area contributed by atoms with Gasteiger partial charge in [-0.1, -0.05) is 6.92 Å². The van der Waals surface area contributed by atoms with Crippen molar-refractivity contribution in [1.29, 1.82) is 0 Å². The van der Waals surface area contributed by atoms with Gasteiger partial charge in [0.2, 0.25) is 0 Å². The number of amides is 1. The highest BCUT2D eigenvalue weighted by Crippen LogP contribution is 2.25. The Morgan fingerprint density at radius 1 is 1.23 bits per heavy atom. The molecule has 1 atom stereocenters. The summed E-state index contributed by atoms with van der Waals surface area (Å²) < 4.78 is 55.2. The van der Waals surface area contributed by atoms with E-state index in [4.69, 9.17) is 0 Å². The number of nitrogens with zero attached hydrogens (tertiary/aromatic N) is 3. The largest absolute Gasteiger partial charge is 0.466 e. The second kappa shape index (κ2) is 9.84. The van der Waals surface area contributed by atoms with Gasteiger partial charge in [0, 0.05) is 43.0 Å². The van der Waals surface area contributed by atoms with Gasteiger partial charge in [-0.15, -0.1) is 0 Å². The van der Waals surface area contributed by atoms with E-state index in [-0.39, 0.29) is 23.7 Å². The fourth-order valence-corrected chi connectivity index (χ4v) is 2.81. The zero-order valence-corrected chi connectivity index (χ0v) is 17.6. The number of Topliss-reactive ketones (excluding diaryl/α,β-unsaturated/α-hetero) is 1. The number of ketones is 1. The molecule has 2 aromatic rings. The predicted octanol–water partition coefficient (Wildman–Crippen LogP) is 4.22. The summed E-state index contributed by atoms with van der Waals surface area (Å²) in [5, 5.41) is 0. The molecule has 0 saturated carbocycles. The molecule has 31 heavy (non-hydrogen) atoms. The van der Waals surface area contributed by atoms with Crippen LogP contribution in [0.1, 0.15) is 53.6 Å². The van der Waals surface area contributed by atoms with E-state index in [9.17, 15) is 27.2 Å². The highest BCUT2D eigenvalue weighted by Gasteiger charge is 2.29. The SMILES string of the molecule is CCC(=O)Cc1cc(C(=O)N(C)C(C)c2cnc(OCC(F)(F)F)c(F)c2)cc(C)n1. The second-order valence-corrected chi connectivity index (χ2v) is 7.11. The van der Waals surface area contributed by atoms with Crippen molar-refractivity contribution < 1.29 is 31.9 Å². The third kappa shape index (κ3) is 6.73. The first-order chi connectivity index (χ1) is 14.4. The number of carbonyl (C=O) groups is 2. The molecule has 0 aliphatic heterocycles. The summed E-state index contributed by atoms with van der Waals surface area (Å²) in [4.78, 5) is 33.9. The van der Waals surface area contributed by atoms with E-state index in [1.807, 2.05) is 0 Å². The van der Waals surface area contributed by atoms with Crippen molar-refractivity contribution in [3.63, 3.8) is 0 Å². The van der Waals surface area contributed by atoms with E-state index < -0.39 is 30.5 Å². The van der Waals surface area contributed by atoms with Crippen molar-refractivity contribution in [2.45, 2.75) is 45.8 Å². The molecule has 0 aromatic carbocycles. The Morgan fingerprint density at radius 2 is 1.90 bits per heavy atom. The average Bonchev–Trinajstić information content (AvgIpc) is 2.69. The summed E-state index contributed by atoms with van der Waals surface area (Å²) in [7, 11) is 1.51. The fraction of sp³-hybridized carbons (Fsp3) is 0.429. The second-order valence-electron chi connectivity index (χ2n) is 7.11. The van der Waals surface area contributed by atoms with Crippen LogP contribution in [0.25, 0.3) is 0 Å². The molecule has 10 heteroatoms. The van der Waals surface area contributed by atoms with Gasteiger partial charge in [0.15, 0.2) is 12.4 Å². The molecule has 1 unspecified atom stereocenters. The number of hydrogen-bond donors (Lipinski definition) is 0.